The molecule has 5 nitrogen and oxygen atoms in total. The van der Waals surface area contributed by atoms with Crippen molar-refractivity contribution in [2.24, 2.45) is 0 Å². The molecule has 2 aromatic rings. The monoisotopic (exact) mass is 324 g/mol. The fraction of sp³-hybridized carbons (Fsp3) is 0.375. The van der Waals surface area contributed by atoms with Gasteiger partial charge in [-0.05, 0) is 13.0 Å². The van der Waals surface area contributed by atoms with Gasteiger partial charge in [0.05, 0.1) is 5.69 Å². The molecule has 1 amide bonds. The highest BCUT2D eigenvalue weighted by Gasteiger charge is 2.22. The highest BCUT2D eigenvalue weighted by atomic mass is 19.3. The first-order valence-electron chi connectivity index (χ1n) is 7.17. The lowest BCUT2D eigenvalue weighted by Crippen LogP contribution is -2.24. The number of alkyl halides is 2. The quantitative estimate of drug-likeness (QED) is 0.881. The van der Waals surface area contributed by atoms with E-state index in [1.54, 1.807) is 25.1 Å². The number of ether oxygens (including phenoxy) is 1. The fourth-order valence-corrected chi connectivity index (χ4v) is 2.18. The molecule has 1 aromatic carbocycles. The minimum absolute atomic E-state index is 0.00593. The van der Waals surface area contributed by atoms with Crippen LogP contribution in [0, 0.1) is 6.92 Å². The van der Waals surface area contributed by atoms with Crippen LogP contribution in [0.2, 0.25) is 0 Å². The van der Waals surface area contributed by atoms with Gasteiger partial charge in [-0.25, -0.2) is 0 Å². The van der Waals surface area contributed by atoms with Crippen LogP contribution < -0.4 is 10.1 Å². The third-order valence-electron chi connectivity index (χ3n) is 3.27. The maximum absolute atomic E-state index is 12.4. The number of hydrogen-bond acceptors (Lipinski definition) is 4. The summed E-state index contributed by atoms with van der Waals surface area (Å²) in [5.41, 5.74) is 1.33. The van der Waals surface area contributed by atoms with Gasteiger partial charge in [0, 0.05) is 18.0 Å². The van der Waals surface area contributed by atoms with E-state index < -0.39 is 6.61 Å². The van der Waals surface area contributed by atoms with Crippen LogP contribution in [0.25, 0.3) is 0 Å². The Morgan fingerprint density at radius 2 is 2.04 bits per heavy atom. The third-order valence-corrected chi connectivity index (χ3v) is 3.27. The second-order valence-electron chi connectivity index (χ2n) is 5.33. The van der Waals surface area contributed by atoms with Crippen molar-refractivity contribution in [2.75, 3.05) is 0 Å². The molecule has 2 rings (SSSR count). The maximum Gasteiger partial charge on any atom is 0.387 e. The van der Waals surface area contributed by atoms with Crippen molar-refractivity contribution < 1.29 is 22.8 Å². The zero-order valence-corrected chi connectivity index (χ0v) is 13.1. The Hall–Kier alpha value is -2.44. The number of nitrogens with zero attached hydrogens (tertiary/aromatic N) is 1. The van der Waals surface area contributed by atoms with Crippen molar-refractivity contribution in [3.05, 3.63) is 46.8 Å². The van der Waals surface area contributed by atoms with E-state index in [0.717, 1.165) is 0 Å². The minimum Gasteiger partial charge on any atom is -0.434 e. The zero-order chi connectivity index (χ0) is 17.0. The van der Waals surface area contributed by atoms with Crippen LogP contribution in [0.3, 0.4) is 0 Å². The minimum atomic E-state index is -2.92. The molecular weight excluding hydrogens is 306 g/mol. The molecular formula is C16H18F2N2O3. The van der Waals surface area contributed by atoms with E-state index in [0.29, 0.717) is 22.6 Å². The Morgan fingerprint density at radius 1 is 1.35 bits per heavy atom. The average molecular weight is 324 g/mol. The molecule has 23 heavy (non-hydrogen) atoms. The van der Waals surface area contributed by atoms with Gasteiger partial charge < -0.3 is 14.6 Å². The Morgan fingerprint density at radius 3 is 2.70 bits per heavy atom. The number of halogens is 2. The van der Waals surface area contributed by atoms with E-state index in [-0.39, 0.29) is 24.1 Å². The Bertz CT molecular complexity index is 684. The van der Waals surface area contributed by atoms with Gasteiger partial charge in [-0.2, -0.15) is 8.78 Å². The van der Waals surface area contributed by atoms with Crippen LogP contribution >= 0.6 is 0 Å². The predicted octanol–water partition coefficient (Wildman–Crippen LogP) is 3.64. The molecule has 0 saturated carbocycles. The SMILES string of the molecule is Cc1noc(C(C)C)c1C(=O)NCc1ccccc1OC(F)F. The first-order valence-corrected chi connectivity index (χ1v) is 7.17. The molecule has 1 N–H and O–H groups in total. The molecule has 7 heteroatoms. The van der Waals surface area contributed by atoms with E-state index in [2.05, 4.69) is 15.2 Å². The van der Waals surface area contributed by atoms with E-state index in [1.807, 2.05) is 13.8 Å². The molecule has 0 radical (unpaired) electrons. The standard InChI is InChI=1S/C16H18F2N2O3/c1-9(2)14-13(10(3)20-23-14)15(21)19-8-11-6-4-5-7-12(11)22-16(17)18/h4-7,9,16H,8H2,1-3H3,(H,19,21). The van der Waals surface area contributed by atoms with Gasteiger partial charge in [-0.3, -0.25) is 4.79 Å². The van der Waals surface area contributed by atoms with E-state index in [9.17, 15) is 13.6 Å². The number of rotatable bonds is 6. The number of carbonyl (C=O) groups is 1. The highest BCUT2D eigenvalue weighted by molar-refractivity contribution is 5.96. The summed E-state index contributed by atoms with van der Waals surface area (Å²) in [6, 6.07) is 6.31. The molecule has 0 bridgehead atoms. The molecule has 0 aliphatic rings. The third kappa shape index (κ3) is 4.06. The Kier molecular flexibility index (Phi) is 5.31. The molecule has 0 aliphatic heterocycles. The molecule has 0 aliphatic carbocycles. The van der Waals surface area contributed by atoms with Crippen molar-refractivity contribution in [3.8, 4) is 5.75 Å². The van der Waals surface area contributed by atoms with Gasteiger partial charge in [0.25, 0.3) is 5.91 Å². The number of carbonyl (C=O) groups excluding carboxylic acids is 1. The summed E-state index contributed by atoms with van der Waals surface area (Å²) in [4.78, 5) is 12.4. The van der Waals surface area contributed by atoms with Crippen molar-refractivity contribution in [3.63, 3.8) is 0 Å². The molecule has 1 heterocycles. The zero-order valence-electron chi connectivity index (χ0n) is 13.1. The van der Waals surface area contributed by atoms with E-state index in [4.69, 9.17) is 4.52 Å². The summed E-state index contributed by atoms with van der Waals surface area (Å²) in [7, 11) is 0. The molecule has 0 atom stereocenters. The summed E-state index contributed by atoms with van der Waals surface area (Å²) >= 11 is 0. The number of hydrogen-bond donors (Lipinski definition) is 1. The number of amides is 1. The van der Waals surface area contributed by atoms with Crippen molar-refractivity contribution in [1.82, 2.24) is 10.5 Å². The predicted molar refractivity (Wildman–Crippen MR) is 79.6 cm³/mol. The number of nitrogens with one attached hydrogen (secondary N) is 1. The van der Waals surface area contributed by atoms with Gasteiger partial charge in [-0.1, -0.05) is 37.2 Å². The molecule has 1 aromatic heterocycles. The van der Waals surface area contributed by atoms with Gasteiger partial charge in [0.2, 0.25) is 0 Å². The number of para-hydroxylation sites is 1. The van der Waals surface area contributed by atoms with E-state index in [1.165, 1.54) is 6.07 Å². The van der Waals surface area contributed by atoms with Crippen molar-refractivity contribution in [1.29, 1.82) is 0 Å². The lowest BCUT2D eigenvalue weighted by atomic mass is 10.0. The van der Waals surface area contributed by atoms with Crippen LogP contribution in [-0.4, -0.2) is 17.7 Å². The lowest BCUT2D eigenvalue weighted by molar-refractivity contribution is -0.0504. The summed E-state index contributed by atoms with van der Waals surface area (Å²) in [5, 5.41) is 6.50. The molecule has 124 valence electrons. The largest absolute Gasteiger partial charge is 0.434 e. The van der Waals surface area contributed by atoms with Crippen molar-refractivity contribution in [2.45, 2.75) is 39.8 Å². The second-order valence-corrected chi connectivity index (χ2v) is 5.33. The van der Waals surface area contributed by atoms with Crippen LogP contribution in [-0.2, 0) is 6.54 Å². The summed E-state index contributed by atoms with van der Waals surface area (Å²) in [6.45, 7) is 2.60. The van der Waals surface area contributed by atoms with Crippen LogP contribution in [0.4, 0.5) is 8.78 Å². The highest BCUT2D eigenvalue weighted by Crippen LogP contribution is 2.23. The molecule has 0 fully saturated rings. The summed E-state index contributed by atoms with van der Waals surface area (Å²) < 4.78 is 34.4. The van der Waals surface area contributed by atoms with Crippen LogP contribution in [0.5, 0.6) is 5.75 Å². The van der Waals surface area contributed by atoms with Crippen LogP contribution in [0.15, 0.2) is 28.8 Å². The van der Waals surface area contributed by atoms with Gasteiger partial charge >= 0.3 is 6.61 Å². The number of aryl methyl sites for hydroxylation is 1. The number of aromatic nitrogens is 1. The number of benzene rings is 1. The smallest absolute Gasteiger partial charge is 0.387 e. The normalized spacial score (nSPS) is 11.1. The summed E-state index contributed by atoms with van der Waals surface area (Å²) in [6.07, 6.45) is 0. The fourth-order valence-electron chi connectivity index (χ4n) is 2.18. The molecule has 0 spiro atoms. The van der Waals surface area contributed by atoms with Crippen molar-refractivity contribution >= 4 is 5.91 Å². The Balaban J connectivity index is 2.13. The van der Waals surface area contributed by atoms with E-state index >= 15 is 0 Å². The first-order chi connectivity index (χ1) is 10.9. The van der Waals surface area contributed by atoms with Gasteiger partial charge in [0.15, 0.2) is 5.76 Å². The van der Waals surface area contributed by atoms with Gasteiger partial charge in [0.1, 0.15) is 11.3 Å². The lowest BCUT2D eigenvalue weighted by Gasteiger charge is -2.11. The summed E-state index contributed by atoms with van der Waals surface area (Å²) in [5.74, 6) is 0.178. The molecule has 0 unspecified atom stereocenters. The average Bonchev–Trinajstić information content (AvgIpc) is 2.87. The second kappa shape index (κ2) is 7.21. The molecule has 0 saturated heterocycles. The topological polar surface area (TPSA) is 64.4 Å². The van der Waals surface area contributed by atoms with Gasteiger partial charge in [-0.15, -0.1) is 0 Å². The Labute approximate surface area is 132 Å². The maximum atomic E-state index is 12.4. The van der Waals surface area contributed by atoms with Crippen LogP contribution in [0.1, 0.15) is 47.1 Å². The first kappa shape index (κ1) is 16.9.